The van der Waals surface area contributed by atoms with E-state index in [2.05, 4.69) is 0 Å². The first kappa shape index (κ1) is 15.6. The second kappa shape index (κ2) is 5.20. The molecule has 0 saturated heterocycles. The minimum atomic E-state index is -4.20. The predicted octanol–water partition coefficient (Wildman–Crippen LogP) is 1.84. The molecule has 112 valence electrons. The van der Waals surface area contributed by atoms with Crippen LogP contribution in [-0.2, 0) is 19.6 Å². The first-order valence-electron chi connectivity index (χ1n) is 6.08. The zero-order valence-electron chi connectivity index (χ0n) is 10.4. The van der Waals surface area contributed by atoms with Crippen LogP contribution in [0.3, 0.4) is 0 Å². The Morgan fingerprint density at radius 1 is 1.25 bits per heavy atom. The molecule has 0 spiro atoms. The van der Waals surface area contributed by atoms with Gasteiger partial charge in [0.2, 0.25) is 0 Å². The summed E-state index contributed by atoms with van der Waals surface area (Å²) in [7, 11) is -4.20. The van der Waals surface area contributed by atoms with E-state index in [0.717, 1.165) is 6.42 Å². The van der Waals surface area contributed by atoms with Gasteiger partial charge in [0.1, 0.15) is 5.03 Å². The summed E-state index contributed by atoms with van der Waals surface area (Å²) in [5.41, 5.74) is -1.25. The van der Waals surface area contributed by atoms with E-state index >= 15 is 0 Å². The number of rotatable bonds is 3. The summed E-state index contributed by atoms with van der Waals surface area (Å²) in [6.45, 7) is -0.421. The van der Waals surface area contributed by atoms with Gasteiger partial charge in [-0.1, -0.05) is 42.5 Å². The number of carbonyl (C=O) groups excluding carboxylic acids is 1. The lowest BCUT2D eigenvalue weighted by Crippen LogP contribution is -2.46. The number of carboxylic acid groups (broad SMARTS) is 1. The highest BCUT2D eigenvalue weighted by molar-refractivity contribution is 7.95. The van der Waals surface area contributed by atoms with Gasteiger partial charge in [0.05, 0.1) is 12.0 Å². The highest BCUT2D eigenvalue weighted by Crippen LogP contribution is 2.41. The average Bonchev–Trinajstić information content (AvgIpc) is 2.55. The monoisotopic (exact) mass is 341 g/mol. The molecule has 2 aliphatic rings. The van der Waals surface area contributed by atoms with E-state index in [4.69, 9.17) is 23.2 Å². The van der Waals surface area contributed by atoms with Gasteiger partial charge in [0, 0.05) is 0 Å². The number of aliphatic carboxylic acids is 1. The lowest BCUT2D eigenvalue weighted by atomic mass is 9.74. The van der Waals surface area contributed by atoms with Crippen LogP contribution in [0, 0.1) is 5.41 Å². The fourth-order valence-corrected chi connectivity index (χ4v) is 4.62. The van der Waals surface area contributed by atoms with Crippen LogP contribution in [0.1, 0.15) is 32.1 Å². The summed E-state index contributed by atoms with van der Waals surface area (Å²) in [6.07, 6.45) is 2.93. The molecule has 0 bridgehead atoms. The molecular weight excluding hydrogens is 329 g/mol. The van der Waals surface area contributed by atoms with Crippen LogP contribution in [0.15, 0.2) is 9.40 Å². The average molecular weight is 342 g/mol. The number of hydrogen-bond acceptors (Lipinski definition) is 4. The first-order chi connectivity index (χ1) is 9.22. The van der Waals surface area contributed by atoms with E-state index in [1.54, 1.807) is 0 Å². The standard InChI is InChI=1S/C11H13Cl2NO5S/c12-7-8(13)20(18,19)14(9(7)15)6-11(10(16)17)4-2-1-3-5-11/h1-6H2,(H,16,17). The van der Waals surface area contributed by atoms with Crippen molar-refractivity contribution in [3.63, 3.8) is 0 Å². The highest BCUT2D eigenvalue weighted by atomic mass is 35.5. The van der Waals surface area contributed by atoms with Crippen molar-refractivity contribution in [1.82, 2.24) is 4.31 Å². The molecule has 0 unspecified atom stereocenters. The fourth-order valence-electron chi connectivity index (χ4n) is 2.61. The lowest BCUT2D eigenvalue weighted by Gasteiger charge is -2.35. The van der Waals surface area contributed by atoms with Crippen LogP contribution in [0.5, 0.6) is 0 Å². The van der Waals surface area contributed by atoms with E-state index in [-0.39, 0.29) is 0 Å². The van der Waals surface area contributed by atoms with Crippen molar-refractivity contribution in [3.05, 3.63) is 9.40 Å². The molecular formula is C11H13Cl2NO5S. The molecule has 1 fully saturated rings. The Morgan fingerprint density at radius 2 is 1.80 bits per heavy atom. The molecule has 20 heavy (non-hydrogen) atoms. The summed E-state index contributed by atoms with van der Waals surface area (Å²) in [6, 6.07) is 0. The van der Waals surface area contributed by atoms with Crippen molar-refractivity contribution in [2.75, 3.05) is 6.54 Å². The van der Waals surface area contributed by atoms with Gasteiger partial charge in [-0.15, -0.1) is 0 Å². The maximum atomic E-state index is 12.0. The first-order valence-corrected chi connectivity index (χ1v) is 8.28. The number of carbonyl (C=O) groups is 2. The number of sulfonamides is 1. The Kier molecular flexibility index (Phi) is 4.05. The second-order valence-corrected chi connectivity index (χ2v) is 7.83. The Balaban J connectivity index is 2.34. The summed E-state index contributed by atoms with van der Waals surface area (Å²) in [5.74, 6) is -2.05. The molecule has 0 aromatic carbocycles. The van der Waals surface area contributed by atoms with Gasteiger partial charge in [0.15, 0.2) is 4.36 Å². The van der Waals surface area contributed by atoms with Gasteiger partial charge < -0.3 is 5.11 Å². The van der Waals surface area contributed by atoms with Crippen LogP contribution in [0.25, 0.3) is 0 Å². The largest absolute Gasteiger partial charge is 0.481 e. The van der Waals surface area contributed by atoms with E-state index in [1.165, 1.54) is 0 Å². The molecule has 1 saturated carbocycles. The third kappa shape index (κ3) is 2.31. The fraction of sp³-hybridized carbons (Fsp3) is 0.636. The predicted molar refractivity (Wildman–Crippen MR) is 72.5 cm³/mol. The van der Waals surface area contributed by atoms with Crippen LogP contribution >= 0.6 is 23.2 Å². The third-order valence-electron chi connectivity index (χ3n) is 3.81. The van der Waals surface area contributed by atoms with Crippen molar-refractivity contribution in [2.45, 2.75) is 32.1 Å². The third-order valence-corrected chi connectivity index (χ3v) is 6.68. The number of hydrogen-bond donors (Lipinski definition) is 1. The van der Waals surface area contributed by atoms with Crippen molar-refractivity contribution in [3.8, 4) is 0 Å². The molecule has 0 radical (unpaired) electrons. The van der Waals surface area contributed by atoms with E-state index < -0.39 is 43.3 Å². The molecule has 1 aliphatic heterocycles. The number of amides is 1. The molecule has 2 rings (SSSR count). The number of carboxylic acids is 1. The molecule has 0 atom stereocenters. The molecule has 0 aromatic rings. The van der Waals surface area contributed by atoms with Gasteiger partial charge in [0.25, 0.3) is 15.9 Å². The molecule has 1 aliphatic carbocycles. The van der Waals surface area contributed by atoms with Gasteiger partial charge >= 0.3 is 5.97 Å². The van der Waals surface area contributed by atoms with Crippen molar-refractivity contribution in [2.24, 2.45) is 5.41 Å². The van der Waals surface area contributed by atoms with Crippen molar-refractivity contribution < 1.29 is 23.1 Å². The summed E-state index contributed by atoms with van der Waals surface area (Å²) < 4.78 is 23.7. The number of nitrogens with zero attached hydrogens (tertiary/aromatic N) is 1. The van der Waals surface area contributed by atoms with E-state index in [1.807, 2.05) is 0 Å². The van der Waals surface area contributed by atoms with Crippen LogP contribution in [0.4, 0.5) is 0 Å². The Labute approximate surface area is 126 Å². The Hall–Kier alpha value is -0.790. The second-order valence-electron chi connectivity index (χ2n) is 5.05. The zero-order valence-corrected chi connectivity index (χ0v) is 12.8. The molecule has 1 heterocycles. The SMILES string of the molecule is O=C1C(Cl)=C(Cl)S(=O)(=O)N1CC1(C(=O)O)CCCCC1. The Bertz CT molecular complexity index is 592. The van der Waals surface area contributed by atoms with Gasteiger partial charge in [-0.2, -0.15) is 8.42 Å². The normalized spacial score (nSPS) is 25.1. The summed E-state index contributed by atoms with van der Waals surface area (Å²) in [4.78, 5) is 23.4. The minimum Gasteiger partial charge on any atom is -0.481 e. The lowest BCUT2D eigenvalue weighted by molar-refractivity contribution is -0.152. The van der Waals surface area contributed by atoms with Crippen molar-refractivity contribution >= 4 is 45.1 Å². The van der Waals surface area contributed by atoms with Gasteiger partial charge in [-0.05, 0) is 12.8 Å². The molecule has 6 nitrogen and oxygen atoms in total. The van der Waals surface area contributed by atoms with Crippen LogP contribution in [0.2, 0.25) is 0 Å². The van der Waals surface area contributed by atoms with Gasteiger partial charge in [-0.25, -0.2) is 4.31 Å². The summed E-state index contributed by atoms with van der Waals surface area (Å²) in [5, 5.41) is 8.84. The molecule has 1 amide bonds. The minimum absolute atomic E-state index is 0.330. The maximum absolute atomic E-state index is 12.0. The smallest absolute Gasteiger partial charge is 0.311 e. The topological polar surface area (TPSA) is 91.8 Å². The van der Waals surface area contributed by atoms with Crippen LogP contribution < -0.4 is 0 Å². The quantitative estimate of drug-likeness (QED) is 0.845. The summed E-state index contributed by atoms with van der Waals surface area (Å²) >= 11 is 11.1. The Morgan fingerprint density at radius 3 is 2.20 bits per heavy atom. The molecule has 1 N–H and O–H groups in total. The van der Waals surface area contributed by atoms with Crippen molar-refractivity contribution in [1.29, 1.82) is 0 Å². The van der Waals surface area contributed by atoms with Gasteiger partial charge in [-0.3, -0.25) is 9.59 Å². The van der Waals surface area contributed by atoms with Crippen LogP contribution in [-0.4, -0.2) is 36.3 Å². The van der Waals surface area contributed by atoms with E-state index in [9.17, 15) is 23.1 Å². The highest BCUT2D eigenvalue weighted by Gasteiger charge is 2.49. The molecule has 9 heteroatoms. The van der Waals surface area contributed by atoms with E-state index in [0.29, 0.717) is 30.0 Å². The zero-order chi connectivity index (χ0) is 15.1. The molecule has 0 aromatic heterocycles. The number of halogens is 2. The maximum Gasteiger partial charge on any atom is 0.311 e.